The second kappa shape index (κ2) is 12.6. The summed E-state index contributed by atoms with van der Waals surface area (Å²) >= 11 is 0. The summed E-state index contributed by atoms with van der Waals surface area (Å²) in [6.07, 6.45) is 13.4. The monoisotopic (exact) mass is 475 g/mol. The number of methoxy groups -OCH3 is 1. The molecule has 2 atom stereocenters. The van der Waals surface area contributed by atoms with Crippen LogP contribution in [0.5, 0.6) is 5.75 Å². The molecule has 0 amide bonds. The number of piperidine rings is 1. The number of pyridine rings is 2. The fraction of sp³-hybridized carbons (Fsp3) is 0.483. The Labute approximate surface area is 208 Å². The van der Waals surface area contributed by atoms with Crippen LogP contribution in [-0.2, 0) is 17.6 Å². The van der Waals surface area contributed by atoms with Crippen LogP contribution in [0, 0.1) is 11.8 Å². The Balaban J connectivity index is 1.27. The summed E-state index contributed by atoms with van der Waals surface area (Å²) in [7, 11) is 1.69. The Bertz CT molecular complexity index is 1090. The normalized spacial score (nSPS) is 18.5. The van der Waals surface area contributed by atoms with E-state index in [0.29, 0.717) is 5.92 Å². The van der Waals surface area contributed by atoms with Crippen molar-refractivity contribution in [1.82, 2.24) is 14.9 Å². The quantitative estimate of drug-likeness (QED) is 0.354. The molecule has 6 heteroatoms. The van der Waals surface area contributed by atoms with E-state index in [1.165, 1.54) is 11.1 Å². The first-order valence-electron chi connectivity index (χ1n) is 12.9. The zero-order chi connectivity index (χ0) is 24.5. The zero-order valence-electron chi connectivity index (χ0n) is 20.7. The molecule has 6 nitrogen and oxygen atoms in total. The van der Waals surface area contributed by atoms with Crippen molar-refractivity contribution in [2.24, 2.45) is 11.8 Å². The fourth-order valence-corrected chi connectivity index (χ4v) is 5.49. The van der Waals surface area contributed by atoms with Gasteiger partial charge in [-0.1, -0.05) is 6.07 Å². The number of likely N-dealkylation sites (tertiary alicyclic amines) is 1. The van der Waals surface area contributed by atoms with Gasteiger partial charge in [0.15, 0.2) is 0 Å². The Morgan fingerprint density at radius 2 is 2.03 bits per heavy atom. The Kier molecular flexibility index (Phi) is 9.07. The summed E-state index contributed by atoms with van der Waals surface area (Å²) in [4.78, 5) is 22.8. The second-order valence-corrected chi connectivity index (χ2v) is 9.77. The molecule has 2 aromatic heterocycles. The highest BCUT2D eigenvalue weighted by Gasteiger charge is 2.30. The molecule has 0 unspecified atom stereocenters. The van der Waals surface area contributed by atoms with Crippen LogP contribution in [0.25, 0.3) is 10.9 Å². The number of ether oxygens (including phenoxy) is 1. The Morgan fingerprint density at radius 1 is 1.11 bits per heavy atom. The summed E-state index contributed by atoms with van der Waals surface area (Å²) in [6.45, 7) is 3.02. The minimum atomic E-state index is -0.675. The maximum absolute atomic E-state index is 11.6. The van der Waals surface area contributed by atoms with Gasteiger partial charge < -0.3 is 14.7 Å². The van der Waals surface area contributed by atoms with Gasteiger partial charge in [-0.05, 0) is 111 Å². The van der Waals surface area contributed by atoms with E-state index in [4.69, 9.17) is 4.74 Å². The number of unbranched alkanes of at least 4 members (excludes halogenated alkanes) is 1. The number of carboxylic acids is 1. The molecule has 1 aliphatic heterocycles. The molecule has 1 fully saturated rings. The van der Waals surface area contributed by atoms with Crippen molar-refractivity contribution in [2.45, 2.75) is 51.4 Å². The first-order valence-corrected chi connectivity index (χ1v) is 12.9. The van der Waals surface area contributed by atoms with Crippen LogP contribution >= 0.6 is 0 Å². The van der Waals surface area contributed by atoms with Crippen molar-refractivity contribution >= 4 is 16.9 Å². The summed E-state index contributed by atoms with van der Waals surface area (Å²) in [6, 6.07) is 12.2. The number of carbonyl (C=O) groups is 1. The van der Waals surface area contributed by atoms with E-state index < -0.39 is 5.97 Å². The van der Waals surface area contributed by atoms with Crippen molar-refractivity contribution in [3.63, 3.8) is 0 Å². The minimum Gasteiger partial charge on any atom is -0.497 e. The average molecular weight is 476 g/mol. The molecule has 0 aliphatic carbocycles. The highest BCUT2D eigenvalue weighted by atomic mass is 16.5. The SMILES string of the molecule is COc1ccc2nccc(CCC[C@@H]3CCN(CCCCc4cccnc4)C[C@@H]3CC(=O)O)c2c1. The highest BCUT2D eigenvalue weighted by molar-refractivity contribution is 5.83. The van der Waals surface area contributed by atoms with Gasteiger partial charge in [0, 0.05) is 36.9 Å². The largest absolute Gasteiger partial charge is 0.497 e. The third kappa shape index (κ3) is 7.25. The predicted octanol–water partition coefficient (Wildman–Crippen LogP) is 5.40. The molecule has 1 aliphatic rings. The molecule has 3 aromatic rings. The molecule has 35 heavy (non-hydrogen) atoms. The number of carboxylic acid groups (broad SMARTS) is 1. The van der Waals surface area contributed by atoms with E-state index >= 15 is 0 Å². The van der Waals surface area contributed by atoms with Crippen LogP contribution in [0.4, 0.5) is 0 Å². The number of fused-ring (bicyclic) bond motifs is 1. The van der Waals surface area contributed by atoms with Crippen LogP contribution in [0.3, 0.4) is 0 Å². The fourth-order valence-electron chi connectivity index (χ4n) is 5.49. The summed E-state index contributed by atoms with van der Waals surface area (Å²) in [5.74, 6) is 0.876. The number of aromatic nitrogens is 2. The third-order valence-corrected chi connectivity index (χ3v) is 7.38. The van der Waals surface area contributed by atoms with Crippen molar-refractivity contribution in [2.75, 3.05) is 26.7 Å². The van der Waals surface area contributed by atoms with Crippen molar-refractivity contribution in [3.8, 4) is 5.75 Å². The van der Waals surface area contributed by atoms with Gasteiger partial charge in [-0.2, -0.15) is 0 Å². The lowest BCUT2D eigenvalue weighted by atomic mass is 9.79. The topological polar surface area (TPSA) is 75.5 Å². The van der Waals surface area contributed by atoms with Gasteiger partial charge in [0.2, 0.25) is 0 Å². The maximum Gasteiger partial charge on any atom is 0.303 e. The first kappa shape index (κ1) is 25.1. The van der Waals surface area contributed by atoms with E-state index in [1.807, 2.05) is 36.8 Å². The van der Waals surface area contributed by atoms with Gasteiger partial charge in [0.05, 0.1) is 12.6 Å². The van der Waals surface area contributed by atoms with Gasteiger partial charge in [0.1, 0.15) is 5.75 Å². The second-order valence-electron chi connectivity index (χ2n) is 9.77. The third-order valence-electron chi connectivity index (χ3n) is 7.38. The molecule has 1 saturated heterocycles. The molecule has 1 aromatic carbocycles. The lowest BCUT2D eigenvalue weighted by Gasteiger charge is -2.38. The number of benzene rings is 1. The molecule has 0 radical (unpaired) electrons. The summed E-state index contributed by atoms with van der Waals surface area (Å²) < 4.78 is 5.40. The average Bonchev–Trinajstić information content (AvgIpc) is 2.88. The van der Waals surface area contributed by atoms with Crippen molar-refractivity contribution in [1.29, 1.82) is 0 Å². The molecule has 4 rings (SSSR count). The predicted molar refractivity (Wildman–Crippen MR) is 139 cm³/mol. The number of aliphatic carboxylic acids is 1. The Morgan fingerprint density at radius 3 is 2.83 bits per heavy atom. The molecule has 0 spiro atoms. The Hall–Kier alpha value is -2.99. The van der Waals surface area contributed by atoms with Crippen LogP contribution in [-0.4, -0.2) is 52.7 Å². The smallest absolute Gasteiger partial charge is 0.303 e. The number of hydrogen-bond acceptors (Lipinski definition) is 5. The van der Waals surface area contributed by atoms with Crippen LogP contribution in [0.2, 0.25) is 0 Å². The van der Waals surface area contributed by atoms with E-state index in [0.717, 1.165) is 81.2 Å². The van der Waals surface area contributed by atoms with Gasteiger partial charge >= 0.3 is 5.97 Å². The van der Waals surface area contributed by atoms with Crippen LogP contribution < -0.4 is 4.74 Å². The van der Waals surface area contributed by atoms with E-state index in [2.05, 4.69) is 33.1 Å². The number of hydrogen-bond donors (Lipinski definition) is 1. The van der Waals surface area contributed by atoms with Crippen molar-refractivity contribution < 1.29 is 14.6 Å². The molecule has 0 saturated carbocycles. The van der Waals surface area contributed by atoms with E-state index in [-0.39, 0.29) is 12.3 Å². The van der Waals surface area contributed by atoms with Crippen LogP contribution in [0.15, 0.2) is 55.0 Å². The minimum absolute atomic E-state index is 0.230. The summed E-state index contributed by atoms with van der Waals surface area (Å²) in [5.41, 5.74) is 3.56. The van der Waals surface area contributed by atoms with Gasteiger partial charge in [-0.15, -0.1) is 0 Å². The maximum atomic E-state index is 11.6. The molecule has 0 bridgehead atoms. The van der Waals surface area contributed by atoms with E-state index in [9.17, 15) is 9.90 Å². The number of rotatable bonds is 12. The zero-order valence-corrected chi connectivity index (χ0v) is 20.7. The van der Waals surface area contributed by atoms with Gasteiger partial charge in [0.25, 0.3) is 0 Å². The van der Waals surface area contributed by atoms with E-state index in [1.54, 1.807) is 7.11 Å². The molecule has 186 valence electrons. The van der Waals surface area contributed by atoms with Crippen LogP contribution in [0.1, 0.15) is 49.7 Å². The standard InChI is InChI=1S/C29H37N3O3/c1-35-26-10-11-28-27(19-26)24(12-15-31-28)9-4-8-23-13-17-32(21-25(23)18-29(33)34)16-3-2-6-22-7-5-14-30-20-22/h5,7,10-12,14-15,19-20,23,25H,2-4,6,8-9,13,16-18,21H2,1H3,(H,33,34)/t23-,25+/m1/s1. The molecule has 3 heterocycles. The lowest BCUT2D eigenvalue weighted by Crippen LogP contribution is -2.41. The lowest BCUT2D eigenvalue weighted by molar-refractivity contribution is -0.139. The first-order chi connectivity index (χ1) is 17.1. The molecular formula is C29H37N3O3. The number of aryl methyl sites for hydroxylation is 2. The van der Waals surface area contributed by atoms with Gasteiger partial charge in [-0.25, -0.2) is 0 Å². The number of nitrogens with zero attached hydrogens (tertiary/aromatic N) is 3. The summed E-state index contributed by atoms with van der Waals surface area (Å²) in [5, 5.41) is 10.7. The van der Waals surface area contributed by atoms with Crippen molar-refractivity contribution in [3.05, 3.63) is 66.1 Å². The molecular weight excluding hydrogens is 438 g/mol. The highest BCUT2D eigenvalue weighted by Crippen LogP contribution is 2.32. The van der Waals surface area contributed by atoms with Gasteiger partial charge in [-0.3, -0.25) is 14.8 Å². The molecule has 1 N–H and O–H groups in total.